The number of allylic oxidation sites excluding steroid dienone is 1. The molecule has 232 valence electrons. The minimum absolute atomic E-state index is 0.0852. The third kappa shape index (κ3) is 8.07. The molecular weight excluding hydrogens is 603 g/mol. The molecule has 0 unspecified atom stereocenters. The Morgan fingerprint density at radius 3 is 2.51 bits per heavy atom. The van der Waals surface area contributed by atoms with Crippen LogP contribution in [-0.2, 0) is 9.59 Å². The van der Waals surface area contributed by atoms with Gasteiger partial charge < -0.3 is 4.74 Å². The molecule has 0 spiro atoms. The maximum Gasteiger partial charge on any atom is 0.573 e. The van der Waals surface area contributed by atoms with Crippen molar-refractivity contribution in [3.8, 4) is 22.8 Å². The smallest absolute Gasteiger partial charge is 0.406 e. The van der Waals surface area contributed by atoms with E-state index in [0.717, 1.165) is 27.9 Å². The third-order valence-corrected chi connectivity index (χ3v) is 7.79. The number of ether oxygens (including phenoxy) is 1. The monoisotopic (exact) mass is 633 g/mol. The maximum atomic E-state index is 12.8. The molecule has 2 amide bonds. The number of benzene rings is 3. The number of carbonyl (C=O) groups excluding carboxylic acids is 2. The van der Waals surface area contributed by atoms with Gasteiger partial charge in [-0.2, -0.15) is 4.99 Å². The van der Waals surface area contributed by atoms with E-state index in [4.69, 9.17) is 0 Å². The molecule has 1 aliphatic heterocycles. The van der Waals surface area contributed by atoms with Gasteiger partial charge in [-0.3, -0.25) is 14.5 Å². The average Bonchev–Trinajstić information content (AvgIpc) is 3.62. The van der Waals surface area contributed by atoms with Crippen LogP contribution in [0.2, 0.25) is 0 Å². The Morgan fingerprint density at radius 1 is 1.09 bits per heavy atom. The van der Waals surface area contributed by atoms with Crippen LogP contribution in [0.15, 0.2) is 84.1 Å². The highest BCUT2D eigenvalue weighted by Gasteiger charge is 2.32. The number of amides is 2. The summed E-state index contributed by atoms with van der Waals surface area (Å²) >= 11 is 1.28. The lowest BCUT2D eigenvalue weighted by atomic mass is 9.99. The van der Waals surface area contributed by atoms with Gasteiger partial charge in [0.15, 0.2) is 11.0 Å². The summed E-state index contributed by atoms with van der Waals surface area (Å²) in [5, 5.41) is 4.83. The molecule has 0 atom stereocenters. The second-order valence-corrected chi connectivity index (χ2v) is 11.6. The number of carbonyl (C=O) groups is 2. The molecule has 0 radical (unpaired) electrons. The number of amidine groups is 1. The van der Waals surface area contributed by atoms with E-state index in [9.17, 15) is 22.8 Å². The van der Waals surface area contributed by atoms with Gasteiger partial charge in [0.2, 0.25) is 11.8 Å². The minimum Gasteiger partial charge on any atom is -0.406 e. The Morgan fingerprint density at radius 2 is 1.82 bits per heavy atom. The Hall–Kier alpha value is -4.71. The predicted octanol–water partition coefficient (Wildman–Crippen LogP) is 7.72. The zero-order valence-electron chi connectivity index (χ0n) is 24.8. The van der Waals surface area contributed by atoms with Crippen LogP contribution in [0.4, 0.5) is 18.9 Å². The van der Waals surface area contributed by atoms with Crippen molar-refractivity contribution in [1.29, 1.82) is 0 Å². The quantitative estimate of drug-likeness (QED) is 0.188. The summed E-state index contributed by atoms with van der Waals surface area (Å²) in [4.78, 5) is 35.6. The van der Waals surface area contributed by atoms with E-state index < -0.39 is 6.36 Å². The van der Waals surface area contributed by atoms with E-state index in [-0.39, 0.29) is 35.7 Å². The van der Waals surface area contributed by atoms with Gasteiger partial charge in [-0.25, -0.2) is 9.67 Å². The fourth-order valence-corrected chi connectivity index (χ4v) is 5.55. The van der Waals surface area contributed by atoms with E-state index in [0.29, 0.717) is 23.1 Å². The molecule has 12 heteroatoms. The number of thioether (sulfide) groups is 1. The summed E-state index contributed by atoms with van der Waals surface area (Å²) < 4.78 is 42.6. The van der Waals surface area contributed by atoms with Crippen LogP contribution in [0.5, 0.6) is 5.75 Å². The second-order valence-electron chi connectivity index (χ2n) is 10.6. The van der Waals surface area contributed by atoms with Crippen molar-refractivity contribution in [2.45, 2.75) is 45.9 Å². The van der Waals surface area contributed by atoms with Crippen LogP contribution in [0.25, 0.3) is 23.2 Å². The molecule has 8 nitrogen and oxygen atoms in total. The van der Waals surface area contributed by atoms with Gasteiger partial charge in [0.1, 0.15) is 12.1 Å². The van der Waals surface area contributed by atoms with Crippen LogP contribution < -0.4 is 9.64 Å². The third-order valence-electron chi connectivity index (χ3n) is 6.87. The minimum atomic E-state index is -4.75. The average molecular weight is 634 g/mol. The lowest BCUT2D eigenvalue weighted by Gasteiger charge is -2.22. The number of alkyl halides is 3. The van der Waals surface area contributed by atoms with Crippen molar-refractivity contribution < 1.29 is 27.5 Å². The first kappa shape index (κ1) is 31.7. The van der Waals surface area contributed by atoms with Crippen molar-refractivity contribution in [3.63, 3.8) is 0 Å². The summed E-state index contributed by atoms with van der Waals surface area (Å²) in [5.74, 6) is 0.214. The van der Waals surface area contributed by atoms with Crippen molar-refractivity contribution in [3.05, 3.63) is 95.8 Å². The van der Waals surface area contributed by atoms with Gasteiger partial charge in [-0.15, -0.1) is 18.3 Å². The highest BCUT2D eigenvalue weighted by molar-refractivity contribution is 8.15. The summed E-state index contributed by atoms with van der Waals surface area (Å²) in [5.41, 5.74) is 5.05. The normalized spacial score (nSPS) is 14.7. The molecular formula is C33H30F3N5O3S. The number of aromatic nitrogens is 3. The highest BCUT2D eigenvalue weighted by atomic mass is 32.2. The highest BCUT2D eigenvalue weighted by Crippen LogP contribution is 2.34. The molecule has 1 saturated heterocycles. The van der Waals surface area contributed by atoms with Crippen LogP contribution >= 0.6 is 11.8 Å². The first-order valence-corrected chi connectivity index (χ1v) is 15.2. The van der Waals surface area contributed by atoms with Gasteiger partial charge in [0.05, 0.1) is 17.1 Å². The number of aliphatic imine (C=N–C) groups is 1. The Labute approximate surface area is 262 Å². The zero-order chi connectivity index (χ0) is 32.1. The SMILES string of the molecule is Cc1ccc(C(C)C)c(N2C(=O)CSC2=NC(=O)CC/C=C\c2ccc(-c3ncn(-c4ccc(OC(F)(F)F)cc4)n3)cc2)c1. The zero-order valence-corrected chi connectivity index (χ0v) is 25.6. The topological polar surface area (TPSA) is 89.7 Å². The van der Waals surface area contributed by atoms with Crippen LogP contribution in [-0.4, -0.2) is 43.9 Å². The number of nitrogens with zero attached hydrogens (tertiary/aromatic N) is 5. The Balaban J connectivity index is 1.17. The summed E-state index contributed by atoms with van der Waals surface area (Å²) in [6, 6.07) is 18.8. The van der Waals surface area contributed by atoms with Crippen molar-refractivity contribution in [2.24, 2.45) is 4.99 Å². The number of halogens is 3. The Bertz CT molecular complexity index is 1750. The van der Waals surface area contributed by atoms with E-state index in [1.54, 1.807) is 4.90 Å². The first-order chi connectivity index (χ1) is 21.5. The van der Waals surface area contributed by atoms with Crippen LogP contribution in [0, 0.1) is 6.92 Å². The number of anilines is 1. The van der Waals surface area contributed by atoms with Gasteiger partial charge in [-0.05, 0) is 66.3 Å². The largest absolute Gasteiger partial charge is 0.573 e. The molecule has 1 aromatic heterocycles. The molecule has 1 fully saturated rings. The molecule has 0 aliphatic carbocycles. The van der Waals surface area contributed by atoms with E-state index in [2.05, 4.69) is 33.7 Å². The summed E-state index contributed by atoms with van der Waals surface area (Å²) in [7, 11) is 0. The molecule has 5 rings (SSSR count). The standard InChI is InChI=1S/C33H30F3N5O3S/c1-21(2)27-17-8-22(3)18-28(27)41-30(43)19-45-32(41)38-29(42)7-5-4-6-23-9-11-24(12-10-23)31-37-20-40(39-31)25-13-15-26(16-14-25)44-33(34,35)36/h4,6,8-18,20-21H,5,7,19H2,1-3H3/b6-4-,38-32?. The lowest BCUT2D eigenvalue weighted by molar-refractivity contribution is -0.274. The van der Waals surface area contributed by atoms with Crippen molar-refractivity contribution >= 4 is 40.5 Å². The summed E-state index contributed by atoms with van der Waals surface area (Å²) in [6.07, 6.45) is 1.21. The maximum absolute atomic E-state index is 12.8. The number of hydrogen-bond donors (Lipinski definition) is 0. The summed E-state index contributed by atoms with van der Waals surface area (Å²) in [6.45, 7) is 6.11. The van der Waals surface area contributed by atoms with E-state index in [1.807, 2.05) is 61.5 Å². The number of hydrogen-bond acceptors (Lipinski definition) is 6. The van der Waals surface area contributed by atoms with Gasteiger partial charge >= 0.3 is 6.36 Å². The molecule has 2 heterocycles. The molecule has 4 aromatic rings. The van der Waals surface area contributed by atoms with Crippen molar-refractivity contribution in [1.82, 2.24) is 14.8 Å². The Kier molecular flexibility index (Phi) is 9.52. The van der Waals surface area contributed by atoms with E-state index >= 15 is 0 Å². The molecule has 1 aliphatic rings. The van der Waals surface area contributed by atoms with Gasteiger partial charge in [-0.1, -0.05) is 74.2 Å². The van der Waals surface area contributed by atoms with Crippen LogP contribution in [0.3, 0.4) is 0 Å². The van der Waals surface area contributed by atoms with Crippen molar-refractivity contribution in [2.75, 3.05) is 10.7 Å². The van der Waals surface area contributed by atoms with Crippen LogP contribution in [0.1, 0.15) is 49.3 Å². The second kappa shape index (κ2) is 13.5. The lowest BCUT2D eigenvalue weighted by Crippen LogP contribution is -2.31. The van der Waals surface area contributed by atoms with E-state index in [1.165, 1.54) is 47.0 Å². The first-order valence-electron chi connectivity index (χ1n) is 14.2. The molecule has 0 saturated carbocycles. The van der Waals surface area contributed by atoms with Gasteiger partial charge in [0.25, 0.3) is 0 Å². The number of aryl methyl sites for hydroxylation is 1. The molecule has 0 N–H and O–H groups in total. The van der Waals surface area contributed by atoms with Gasteiger partial charge in [0, 0.05) is 12.0 Å². The molecule has 45 heavy (non-hydrogen) atoms. The molecule has 0 bridgehead atoms. The molecule has 3 aromatic carbocycles. The number of rotatable bonds is 9. The fraction of sp³-hybridized carbons (Fsp3) is 0.242. The fourth-order valence-electron chi connectivity index (χ4n) is 4.67. The predicted molar refractivity (Wildman–Crippen MR) is 169 cm³/mol.